The van der Waals surface area contributed by atoms with Crippen molar-refractivity contribution in [2.75, 3.05) is 33.8 Å². The molecule has 2 fully saturated rings. The fourth-order valence-electron chi connectivity index (χ4n) is 5.06. The molecule has 1 amide bonds. The number of nitrogens with one attached hydrogen (secondary N) is 1. The van der Waals surface area contributed by atoms with Crippen molar-refractivity contribution in [1.29, 1.82) is 0 Å². The number of nitrogens with zero attached hydrogens (tertiary/aromatic N) is 4. The highest BCUT2D eigenvalue weighted by atomic mass is 16.5. The van der Waals surface area contributed by atoms with Crippen molar-refractivity contribution >= 4 is 16.8 Å². The van der Waals surface area contributed by atoms with Crippen LogP contribution in [0.3, 0.4) is 0 Å². The molecule has 0 aliphatic carbocycles. The number of hydrogen-bond acceptors (Lipinski definition) is 6. The summed E-state index contributed by atoms with van der Waals surface area (Å²) >= 11 is 0. The molecule has 4 heterocycles. The maximum Gasteiger partial charge on any atom is 0.270 e. The third kappa shape index (κ3) is 3.25. The topological polar surface area (TPSA) is 87.5 Å². The van der Waals surface area contributed by atoms with Crippen LogP contribution < -0.4 is 4.74 Å². The Balaban J connectivity index is 1.27. The van der Waals surface area contributed by atoms with E-state index in [0.717, 1.165) is 55.5 Å². The van der Waals surface area contributed by atoms with Crippen LogP contribution in [0.25, 0.3) is 10.9 Å². The monoisotopic (exact) mass is 409 g/mol. The van der Waals surface area contributed by atoms with Gasteiger partial charge in [-0.05, 0) is 56.8 Å². The van der Waals surface area contributed by atoms with Gasteiger partial charge in [-0.25, -0.2) is 0 Å². The van der Waals surface area contributed by atoms with Gasteiger partial charge >= 0.3 is 0 Å². The molecule has 1 spiro atoms. The molecule has 2 saturated heterocycles. The van der Waals surface area contributed by atoms with Gasteiger partial charge in [0.2, 0.25) is 5.89 Å². The molecule has 0 radical (unpaired) electrons. The standard InChI is InChI=1S/C22H27N5O3/c1-14-23-20(30-25-14)19-12-22(13-26(19)2)6-8-27(9-7-22)21(28)18-10-15-4-5-16(29-3)11-17(15)24-18/h4-5,10-11,19,24H,6-9,12-13H2,1-3H3. The van der Waals surface area contributed by atoms with Gasteiger partial charge in [-0.1, -0.05) is 5.16 Å². The molecule has 2 aromatic heterocycles. The number of carbonyl (C=O) groups is 1. The zero-order valence-electron chi connectivity index (χ0n) is 17.6. The highest BCUT2D eigenvalue weighted by Gasteiger charge is 2.47. The molecule has 158 valence electrons. The van der Waals surface area contributed by atoms with E-state index in [2.05, 4.69) is 27.1 Å². The molecule has 5 rings (SSSR count). The molecule has 3 aromatic rings. The van der Waals surface area contributed by atoms with E-state index in [1.807, 2.05) is 36.1 Å². The van der Waals surface area contributed by atoms with Crippen molar-refractivity contribution < 1.29 is 14.1 Å². The van der Waals surface area contributed by atoms with Crippen LogP contribution in [0.15, 0.2) is 28.8 Å². The highest BCUT2D eigenvalue weighted by Crippen LogP contribution is 2.48. The number of aromatic amines is 1. The Kier molecular flexibility index (Phi) is 4.54. The molecule has 0 saturated carbocycles. The zero-order chi connectivity index (χ0) is 20.9. The number of hydrogen-bond donors (Lipinski definition) is 1. The van der Waals surface area contributed by atoms with Crippen LogP contribution in [-0.2, 0) is 0 Å². The molecule has 1 aromatic carbocycles. The Bertz CT molecular complexity index is 1080. The fraction of sp³-hybridized carbons (Fsp3) is 0.500. The summed E-state index contributed by atoms with van der Waals surface area (Å²) in [4.78, 5) is 25.1. The molecule has 30 heavy (non-hydrogen) atoms. The van der Waals surface area contributed by atoms with Crippen molar-refractivity contribution in [3.8, 4) is 5.75 Å². The Hall–Kier alpha value is -2.87. The van der Waals surface area contributed by atoms with Gasteiger partial charge in [0.25, 0.3) is 5.91 Å². The number of carbonyl (C=O) groups excluding carboxylic acids is 1. The second-order valence-corrected chi connectivity index (χ2v) is 8.74. The third-order valence-electron chi connectivity index (χ3n) is 6.74. The Morgan fingerprint density at radius 3 is 2.80 bits per heavy atom. The van der Waals surface area contributed by atoms with E-state index >= 15 is 0 Å². The average molecular weight is 409 g/mol. The number of aromatic nitrogens is 3. The fourth-order valence-corrected chi connectivity index (χ4v) is 5.06. The summed E-state index contributed by atoms with van der Waals surface area (Å²) in [5.41, 5.74) is 1.75. The van der Waals surface area contributed by atoms with E-state index in [-0.39, 0.29) is 17.4 Å². The van der Waals surface area contributed by atoms with Gasteiger partial charge in [0.1, 0.15) is 11.4 Å². The van der Waals surface area contributed by atoms with E-state index in [0.29, 0.717) is 17.4 Å². The summed E-state index contributed by atoms with van der Waals surface area (Å²) in [7, 11) is 3.76. The van der Waals surface area contributed by atoms with Crippen molar-refractivity contribution in [2.45, 2.75) is 32.2 Å². The van der Waals surface area contributed by atoms with E-state index in [9.17, 15) is 4.79 Å². The van der Waals surface area contributed by atoms with Crippen molar-refractivity contribution in [3.05, 3.63) is 41.7 Å². The summed E-state index contributed by atoms with van der Waals surface area (Å²) in [5.74, 6) is 2.23. The number of rotatable bonds is 3. The van der Waals surface area contributed by atoms with Crippen LogP contribution in [0.1, 0.15) is 47.5 Å². The molecular formula is C22H27N5O3. The van der Waals surface area contributed by atoms with Crippen LogP contribution in [-0.4, -0.2) is 64.6 Å². The minimum Gasteiger partial charge on any atom is -0.497 e. The van der Waals surface area contributed by atoms with Gasteiger partial charge in [0.15, 0.2) is 5.82 Å². The lowest BCUT2D eigenvalue weighted by Crippen LogP contribution is -2.44. The van der Waals surface area contributed by atoms with Gasteiger partial charge in [-0.2, -0.15) is 4.98 Å². The summed E-state index contributed by atoms with van der Waals surface area (Å²) in [6.45, 7) is 4.37. The Labute approximate surface area is 175 Å². The first-order valence-corrected chi connectivity index (χ1v) is 10.4. The number of methoxy groups -OCH3 is 1. The van der Waals surface area contributed by atoms with Gasteiger partial charge in [-0.3, -0.25) is 9.69 Å². The molecule has 2 aliphatic rings. The normalized spacial score (nSPS) is 21.6. The molecule has 1 N–H and O–H groups in total. The number of benzene rings is 1. The quantitative estimate of drug-likeness (QED) is 0.715. The highest BCUT2D eigenvalue weighted by molar-refractivity contribution is 5.98. The van der Waals surface area contributed by atoms with E-state index in [1.54, 1.807) is 7.11 Å². The number of ether oxygens (including phenoxy) is 1. The number of amides is 1. The minimum absolute atomic E-state index is 0.0652. The average Bonchev–Trinajstić information content (AvgIpc) is 3.44. The van der Waals surface area contributed by atoms with Crippen molar-refractivity contribution in [1.82, 2.24) is 24.9 Å². The first-order valence-electron chi connectivity index (χ1n) is 10.4. The van der Waals surface area contributed by atoms with Crippen molar-refractivity contribution in [3.63, 3.8) is 0 Å². The first kappa shape index (κ1) is 19.1. The molecule has 8 heteroatoms. The lowest BCUT2D eigenvalue weighted by molar-refractivity contribution is 0.0588. The summed E-state index contributed by atoms with van der Waals surface area (Å²) < 4.78 is 10.7. The van der Waals surface area contributed by atoms with E-state index in [1.165, 1.54) is 0 Å². The lowest BCUT2D eigenvalue weighted by Gasteiger charge is -2.39. The molecule has 8 nitrogen and oxygen atoms in total. The van der Waals surface area contributed by atoms with Crippen LogP contribution >= 0.6 is 0 Å². The third-order valence-corrected chi connectivity index (χ3v) is 6.74. The molecule has 2 aliphatic heterocycles. The number of H-pyrrole nitrogens is 1. The van der Waals surface area contributed by atoms with Crippen molar-refractivity contribution in [2.24, 2.45) is 5.41 Å². The molecule has 0 bridgehead atoms. The van der Waals surface area contributed by atoms with Crippen LogP contribution in [0.4, 0.5) is 0 Å². The Morgan fingerprint density at radius 2 is 2.10 bits per heavy atom. The van der Waals surface area contributed by atoms with E-state index < -0.39 is 0 Å². The summed E-state index contributed by atoms with van der Waals surface area (Å²) in [5, 5.41) is 4.97. The number of aryl methyl sites for hydroxylation is 1. The molecular weight excluding hydrogens is 382 g/mol. The second kappa shape index (κ2) is 7.12. The van der Waals surface area contributed by atoms with E-state index in [4.69, 9.17) is 9.26 Å². The largest absolute Gasteiger partial charge is 0.497 e. The maximum absolute atomic E-state index is 13.1. The number of likely N-dealkylation sites (tertiary alicyclic amines) is 2. The summed E-state index contributed by atoms with van der Waals surface area (Å²) in [6, 6.07) is 7.90. The van der Waals surface area contributed by atoms with Gasteiger partial charge < -0.3 is 19.1 Å². The van der Waals surface area contributed by atoms with Crippen LogP contribution in [0.5, 0.6) is 5.75 Å². The van der Waals surface area contributed by atoms with Gasteiger partial charge in [-0.15, -0.1) is 0 Å². The van der Waals surface area contributed by atoms with Crippen LogP contribution in [0.2, 0.25) is 0 Å². The number of piperidine rings is 1. The van der Waals surface area contributed by atoms with Crippen LogP contribution in [0, 0.1) is 12.3 Å². The SMILES string of the molecule is COc1ccc2cc(C(=O)N3CCC4(CC3)CC(c3nc(C)no3)N(C)C4)[nH]c2c1. The second-order valence-electron chi connectivity index (χ2n) is 8.74. The predicted octanol–water partition coefficient (Wildman–Crippen LogP) is 3.17. The zero-order valence-corrected chi connectivity index (χ0v) is 17.6. The maximum atomic E-state index is 13.1. The van der Waals surface area contributed by atoms with Gasteiger partial charge in [0, 0.05) is 36.6 Å². The lowest BCUT2D eigenvalue weighted by atomic mass is 9.76. The molecule has 1 atom stereocenters. The minimum atomic E-state index is 0.0652. The smallest absolute Gasteiger partial charge is 0.270 e. The Morgan fingerprint density at radius 1 is 1.30 bits per heavy atom. The van der Waals surface area contributed by atoms with Gasteiger partial charge in [0.05, 0.1) is 13.2 Å². The summed E-state index contributed by atoms with van der Waals surface area (Å²) in [6.07, 6.45) is 2.97. The first-order chi connectivity index (χ1) is 14.5. The number of fused-ring (bicyclic) bond motifs is 1. The molecule has 1 unspecified atom stereocenters. The predicted molar refractivity (Wildman–Crippen MR) is 111 cm³/mol.